The van der Waals surface area contributed by atoms with E-state index in [9.17, 15) is 27.3 Å². The number of benzene rings is 2. The van der Waals surface area contributed by atoms with Gasteiger partial charge < -0.3 is 4.90 Å². The van der Waals surface area contributed by atoms with Gasteiger partial charge in [-0.05, 0) is 36.1 Å². The summed E-state index contributed by atoms with van der Waals surface area (Å²) in [5, 5.41) is 9.88. The molecule has 1 aliphatic heterocycles. The molecule has 9 heteroatoms. The van der Waals surface area contributed by atoms with Crippen molar-refractivity contribution in [3.63, 3.8) is 0 Å². The molecule has 1 aliphatic carbocycles. The maximum absolute atomic E-state index is 14.4. The standard InChI is InChI=1S/C22H21F2N3O3S/c1-31(29,30)26-14-9-10-27(12-14)21(28)22(13-25)11-17(22)15-5-2-3-6-16(15)20-18(23)7-4-8-19(20)24/h2-8,14,17,26H,9-12H2,1H3/t14-,17?,22?/m0/s1. The number of nitriles is 1. The molecular formula is C22H21F2N3O3S. The zero-order valence-corrected chi connectivity index (χ0v) is 17.6. The first-order chi connectivity index (χ1) is 14.7. The highest BCUT2D eigenvalue weighted by molar-refractivity contribution is 7.88. The van der Waals surface area contributed by atoms with Crippen LogP contribution in [0, 0.1) is 28.4 Å². The van der Waals surface area contributed by atoms with Crippen LogP contribution < -0.4 is 4.72 Å². The number of hydrogen-bond acceptors (Lipinski definition) is 4. The molecule has 1 saturated heterocycles. The normalized spacial score (nSPS) is 25.3. The number of carbonyl (C=O) groups excluding carboxylic acids is 1. The lowest BCUT2D eigenvalue weighted by atomic mass is 9.91. The van der Waals surface area contributed by atoms with Gasteiger partial charge in [0.2, 0.25) is 15.9 Å². The number of halogens is 2. The van der Waals surface area contributed by atoms with E-state index >= 15 is 0 Å². The molecule has 1 saturated carbocycles. The minimum Gasteiger partial charge on any atom is -0.340 e. The number of sulfonamides is 1. The molecule has 6 nitrogen and oxygen atoms in total. The number of rotatable bonds is 5. The molecule has 0 aromatic heterocycles. The van der Waals surface area contributed by atoms with Crippen molar-refractivity contribution < 1.29 is 22.0 Å². The van der Waals surface area contributed by atoms with Crippen LogP contribution in [0.4, 0.5) is 8.78 Å². The predicted molar refractivity (Wildman–Crippen MR) is 110 cm³/mol. The van der Waals surface area contributed by atoms with Crippen LogP contribution >= 0.6 is 0 Å². The Morgan fingerprint density at radius 1 is 1.19 bits per heavy atom. The molecule has 2 fully saturated rings. The molecule has 1 heterocycles. The second-order valence-electron chi connectivity index (χ2n) is 8.15. The van der Waals surface area contributed by atoms with Crippen molar-refractivity contribution in [1.29, 1.82) is 5.26 Å². The molecule has 1 N–H and O–H groups in total. The number of carbonyl (C=O) groups is 1. The third-order valence-electron chi connectivity index (χ3n) is 5.97. The maximum Gasteiger partial charge on any atom is 0.243 e. The van der Waals surface area contributed by atoms with E-state index < -0.39 is 39.0 Å². The van der Waals surface area contributed by atoms with Crippen molar-refractivity contribution in [3.8, 4) is 17.2 Å². The zero-order valence-electron chi connectivity index (χ0n) is 16.8. The van der Waals surface area contributed by atoms with Crippen LogP contribution in [-0.4, -0.2) is 44.6 Å². The van der Waals surface area contributed by atoms with E-state index in [1.165, 1.54) is 23.1 Å². The fraction of sp³-hybridized carbons (Fsp3) is 0.364. The van der Waals surface area contributed by atoms with Gasteiger partial charge >= 0.3 is 0 Å². The van der Waals surface area contributed by atoms with Gasteiger partial charge in [0.1, 0.15) is 17.0 Å². The van der Waals surface area contributed by atoms with Crippen LogP contribution in [0.15, 0.2) is 42.5 Å². The largest absolute Gasteiger partial charge is 0.340 e. The molecule has 162 valence electrons. The Bertz CT molecular complexity index is 1170. The van der Waals surface area contributed by atoms with Crippen molar-refractivity contribution >= 4 is 15.9 Å². The highest BCUT2D eigenvalue weighted by atomic mass is 32.2. The van der Waals surface area contributed by atoms with Crippen LogP contribution in [0.2, 0.25) is 0 Å². The minimum atomic E-state index is -3.40. The number of nitrogens with one attached hydrogen (secondary N) is 1. The smallest absolute Gasteiger partial charge is 0.243 e. The molecule has 2 unspecified atom stereocenters. The summed E-state index contributed by atoms with van der Waals surface area (Å²) in [7, 11) is -3.40. The van der Waals surface area contributed by atoms with Gasteiger partial charge in [-0.25, -0.2) is 21.9 Å². The number of nitrogens with zero attached hydrogens (tertiary/aromatic N) is 2. The average Bonchev–Trinajstić information content (AvgIpc) is 3.29. The Morgan fingerprint density at radius 2 is 1.87 bits per heavy atom. The van der Waals surface area contributed by atoms with Crippen molar-refractivity contribution in [2.75, 3.05) is 19.3 Å². The monoisotopic (exact) mass is 445 g/mol. The van der Waals surface area contributed by atoms with Gasteiger partial charge in [0.05, 0.1) is 17.9 Å². The molecular weight excluding hydrogens is 424 g/mol. The molecule has 2 aromatic rings. The predicted octanol–water partition coefficient (Wildman–Crippen LogP) is 2.78. The summed E-state index contributed by atoms with van der Waals surface area (Å²) >= 11 is 0. The van der Waals surface area contributed by atoms with E-state index in [1.54, 1.807) is 24.3 Å². The fourth-order valence-corrected chi connectivity index (χ4v) is 5.25. The SMILES string of the molecule is CS(=O)(=O)N[C@H]1CCN(C(=O)C2(C#N)CC2c2ccccc2-c2c(F)cccc2F)C1. The Morgan fingerprint density at radius 3 is 2.52 bits per heavy atom. The summed E-state index contributed by atoms with van der Waals surface area (Å²) in [6.07, 6.45) is 1.77. The second-order valence-corrected chi connectivity index (χ2v) is 9.93. The molecule has 2 aliphatic rings. The first-order valence-electron chi connectivity index (χ1n) is 9.87. The lowest BCUT2D eigenvalue weighted by molar-refractivity contribution is -0.134. The Hall–Kier alpha value is -2.83. The summed E-state index contributed by atoms with van der Waals surface area (Å²) in [5.74, 6) is -2.30. The minimum absolute atomic E-state index is 0.178. The number of likely N-dealkylation sites (tertiary alicyclic amines) is 1. The van der Waals surface area contributed by atoms with E-state index in [2.05, 4.69) is 10.8 Å². The molecule has 0 spiro atoms. The summed E-state index contributed by atoms with van der Waals surface area (Å²) in [4.78, 5) is 14.7. The maximum atomic E-state index is 14.4. The first kappa shape index (κ1) is 21.4. The Labute approximate surface area is 179 Å². The van der Waals surface area contributed by atoms with Crippen molar-refractivity contribution in [1.82, 2.24) is 9.62 Å². The quantitative estimate of drug-likeness (QED) is 0.766. The fourth-order valence-electron chi connectivity index (χ4n) is 4.46. The van der Waals surface area contributed by atoms with Crippen LogP contribution in [0.3, 0.4) is 0 Å². The lowest BCUT2D eigenvalue weighted by Gasteiger charge is -2.21. The van der Waals surface area contributed by atoms with Crippen molar-refractivity contribution in [2.24, 2.45) is 5.41 Å². The van der Waals surface area contributed by atoms with Gasteiger partial charge in [0.25, 0.3) is 0 Å². The van der Waals surface area contributed by atoms with Gasteiger partial charge in [0, 0.05) is 25.0 Å². The highest BCUT2D eigenvalue weighted by Crippen LogP contribution is 2.61. The Kier molecular flexibility index (Phi) is 5.31. The number of hydrogen-bond donors (Lipinski definition) is 1. The lowest BCUT2D eigenvalue weighted by Crippen LogP contribution is -2.40. The van der Waals surface area contributed by atoms with Gasteiger partial charge in [0.15, 0.2) is 0 Å². The third kappa shape index (κ3) is 3.93. The molecule has 2 aromatic carbocycles. The van der Waals surface area contributed by atoms with E-state index in [1.807, 2.05) is 0 Å². The summed E-state index contributed by atoms with van der Waals surface area (Å²) in [6.45, 7) is 0.525. The second kappa shape index (κ2) is 7.70. The van der Waals surface area contributed by atoms with E-state index in [0.717, 1.165) is 6.26 Å². The van der Waals surface area contributed by atoms with E-state index in [4.69, 9.17) is 0 Å². The Balaban J connectivity index is 1.62. The van der Waals surface area contributed by atoms with Crippen LogP contribution in [0.1, 0.15) is 24.3 Å². The summed E-state index contributed by atoms with van der Waals surface area (Å²) in [5.41, 5.74) is -0.627. The first-order valence-corrected chi connectivity index (χ1v) is 11.8. The zero-order chi connectivity index (χ0) is 22.4. The van der Waals surface area contributed by atoms with Gasteiger partial charge in [-0.3, -0.25) is 4.79 Å². The number of amides is 1. The molecule has 0 radical (unpaired) electrons. The van der Waals surface area contributed by atoms with Gasteiger partial charge in [-0.2, -0.15) is 5.26 Å². The van der Waals surface area contributed by atoms with Crippen molar-refractivity contribution in [2.45, 2.75) is 24.8 Å². The highest BCUT2D eigenvalue weighted by Gasteiger charge is 2.63. The van der Waals surface area contributed by atoms with E-state index in [0.29, 0.717) is 24.1 Å². The molecule has 4 rings (SSSR count). The topological polar surface area (TPSA) is 90.3 Å². The van der Waals surface area contributed by atoms with Crippen LogP contribution in [0.5, 0.6) is 0 Å². The van der Waals surface area contributed by atoms with Crippen LogP contribution in [0.25, 0.3) is 11.1 Å². The molecule has 31 heavy (non-hydrogen) atoms. The third-order valence-corrected chi connectivity index (χ3v) is 6.73. The van der Waals surface area contributed by atoms with Gasteiger partial charge in [-0.1, -0.05) is 30.3 Å². The van der Waals surface area contributed by atoms with Crippen molar-refractivity contribution in [3.05, 3.63) is 59.7 Å². The average molecular weight is 445 g/mol. The summed E-state index contributed by atoms with van der Waals surface area (Å²) < 4.78 is 54.3. The van der Waals surface area contributed by atoms with Crippen LogP contribution in [-0.2, 0) is 14.8 Å². The molecule has 3 atom stereocenters. The van der Waals surface area contributed by atoms with E-state index in [-0.39, 0.29) is 24.4 Å². The molecule has 0 bridgehead atoms. The summed E-state index contributed by atoms with van der Waals surface area (Å²) in [6, 6.07) is 12.0. The molecule has 1 amide bonds. The van der Waals surface area contributed by atoms with Gasteiger partial charge in [-0.15, -0.1) is 0 Å².